The fourth-order valence-corrected chi connectivity index (χ4v) is 1.62. The fraction of sp³-hybridized carbons (Fsp3) is 0.462. The molecule has 5 nitrogen and oxygen atoms in total. The standard InChI is InChI=1S/C13H19ClN2O3/c1-2-16(8-9-17)13(18)15-7-10-19-12-5-3-11(14)4-6-12/h3-6,17H,2,7-10H2,1H3,(H,15,18). The Hall–Kier alpha value is -1.46. The van der Waals surface area contributed by atoms with Crippen LogP contribution in [-0.2, 0) is 0 Å². The van der Waals surface area contributed by atoms with Crippen molar-refractivity contribution < 1.29 is 14.6 Å². The van der Waals surface area contributed by atoms with E-state index in [9.17, 15) is 4.79 Å². The SMILES string of the molecule is CCN(CCO)C(=O)NCCOc1ccc(Cl)cc1. The predicted molar refractivity (Wildman–Crippen MR) is 74.7 cm³/mol. The van der Waals surface area contributed by atoms with Crippen molar-refractivity contribution >= 4 is 17.6 Å². The quantitative estimate of drug-likeness (QED) is 0.751. The number of carbonyl (C=O) groups is 1. The Kier molecular flexibility index (Phi) is 7.07. The van der Waals surface area contributed by atoms with E-state index in [2.05, 4.69) is 5.32 Å². The molecular weight excluding hydrogens is 268 g/mol. The molecule has 0 unspecified atom stereocenters. The highest BCUT2D eigenvalue weighted by Crippen LogP contribution is 2.15. The minimum Gasteiger partial charge on any atom is -0.492 e. The van der Waals surface area contributed by atoms with Crippen molar-refractivity contribution in [3.63, 3.8) is 0 Å². The Morgan fingerprint density at radius 1 is 1.42 bits per heavy atom. The molecule has 106 valence electrons. The average Bonchev–Trinajstić information content (AvgIpc) is 2.42. The monoisotopic (exact) mass is 286 g/mol. The van der Waals surface area contributed by atoms with Gasteiger partial charge in [0.1, 0.15) is 12.4 Å². The number of aliphatic hydroxyl groups is 1. The Balaban J connectivity index is 2.23. The number of urea groups is 1. The van der Waals surface area contributed by atoms with Gasteiger partial charge < -0.3 is 20.1 Å². The highest BCUT2D eigenvalue weighted by atomic mass is 35.5. The van der Waals surface area contributed by atoms with E-state index < -0.39 is 0 Å². The molecule has 19 heavy (non-hydrogen) atoms. The average molecular weight is 287 g/mol. The molecule has 0 fully saturated rings. The summed E-state index contributed by atoms with van der Waals surface area (Å²) in [6.07, 6.45) is 0. The molecule has 0 bridgehead atoms. The zero-order valence-corrected chi connectivity index (χ0v) is 11.7. The van der Waals surface area contributed by atoms with Gasteiger partial charge in [-0.25, -0.2) is 4.79 Å². The highest BCUT2D eigenvalue weighted by molar-refractivity contribution is 6.30. The minimum absolute atomic E-state index is 0.0392. The van der Waals surface area contributed by atoms with Crippen LogP contribution in [0.5, 0.6) is 5.75 Å². The number of hydrogen-bond acceptors (Lipinski definition) is 3. The van der Waals surface area contributed by atoms with E-state index in [0.29, 0.717) is 37.0 Å². The lowest BCUT2D eigenvalue weighted by molar-refractivity contribution is 0.178. The fourth-order valence-electron chi connectivity index (χ4n) is 1.49. The van der Waals surface area contributed by atoms with E-state index >= 15 is 0 Å². The zero-order valence-electron chi connectivity index (χ0n) is 10.9. The van der Waals surface area contributed by atoms with Gasteiger partial charge in [0.05, 0.1) is 13.2 Å². The first kappa shape index (κ1) is 15.6. The molecule has 0 saturated heterocycles. The van der Waals surface area contributed by atoms with Gasteiger partial charge >= 0.3 is 6.03 Å². The summed E-state index contributed by atoms with van der Waals surface area (Å²) >= 11 is 5.76. The summed E-state index contributed by atoms with van der Waals surface area (Å²) in [5.74, 6) is 0.710. The lowest BCUT2D eigenvalue weighted by atomic mass is 10.3. The number of hydrogen-bond donors (Lipinski definition) is 2. The molecule has 0 aliphatic carbocycles. The summed E-state index contributed by atoms with van der Waals surface area (Å²) in [6, 6.07) is 6.84. The molecule has 0 radical (unpaired) electrons. The van der Waals surface area contributed by atoms with Gasteiger partial charge in [0.25, 0.3) is 0 Å². The molecule has 2 N–H and O–H groups in total. The third kappa shape index (κ3) is 5.81. The minimum atomic E-state index is -0.198. The predicted octanol–water partition coefficient (Wildman–Crippen LogP) is 1.74. The second-order valence-corrected chi connectivity index (χ2v) is 4.27. The van der Waals surface area contributed by atoms with Crippen molar-refractivity contribution in [1.29, 1.82) is 0 Å². The largest absolute Gasteiger partial charge is 0.492 e. The highest BCUT2D eigenvalue weighted by Gasteiger charge is 2.09. The van der Waals surface area contributed by atoms with E-state index in [4.69, 9.17) is 21.4 Å². The van der Waals surface area contributed by atoms with Crippen LogP contribution in [0.3, 0.4) is 0 Å². The topological polar surface area (TPSA) is 61.8 Å². The lowest BCUT2D eigenvalue weighted by Gasteiger charge is -2.20. The molecular formula is C13H19ClN2O3. The second kappa shape index (κ2) is 8.61. The van der Waals surface area contributed by atoms with E-state index in [0.717, 1.165) is 0 Å². The smallest absolute Gasteiger partial charge is 0.317 e. The van der Waals surface area contributed by atoms with Crippen molar-refractivity contribution in [2.45, 2.75) is 6.92 Å². The summed E-state index contributed by atoms with van der Waals surface area (Å²) in [4.78, 5) is 13.2. The van der Waals surface area contributed by atoms with Crippen molar-refractivity contribution in [2.75, 3.05) is 32.8 Å². The molecule has 1 rings (SSSR count). The molecule has 0 heterocycles. The van der Waals surface area contributed by atoms with Crippen molar-refractivity contribution in [3.05, 3.63) is 29.3 Å². The van der Waals surface area contributed by atoms with E-state index in [1.165, 1.54) is 4.90 Å². The molecule has 0 aromatic heterocycles. The number of aliphatic hydroxyl groups excluding tert-OH is 1. The number of carbonyl (C=O) groups excluding carboxylic acids is 1. The first-order valence-electron chi connectivity index (χ1n) is 6.19. The summed E-state index contributed by atoms with van der Waals surface area (Å²) in [5, 5.41) is 12.2. The maximum Gasteiger partial charge on any atom is 0.317 e. The number of amides is 2. The van der Waals surface area contributed by atoms with Gasteiger partial charge in [-0.3, -0.25) is 0 Å². The van der Waals surface area contributed by atoms with Crippen molar-refractivity contribution in [3.8, 4) is 5.75 Å². The maximum absolute atomic E-state index is 11.7. The van der Waals surface area contributed by atoms with Crippen LogP contribution in [0.1, 0.15) is 6.92 Å². The molecule has 0 saturated carbocycles. The maximum atomic E-state index is 11.7. The number of ether oxygens (including phenoxy) is 1. The van der Waals surface area contributed by atoms with Gasteiger partial charge in [0.15, 0.2) is 0 Å². The van der Waals surface area contributed by atoms with Crippen LogP contribution >= 0.6 is 11.6 Å². The number of nitrogens with zero attached hydrogens (tertiary/aromatic N) is 1. The molecule has 1 aromatic carbocycles. The van der Waals surface area contributed by atoms with E-state index in [-0.39, 0.29) is 12.6 Å². The molecule has 0 aliphatic heterocycles. The number of benzene rings is 1. The normalized spacial score (nSPS) is 10.1. The van der Waals surface area contributed by atoms with Crippen LogP contribution in [0.15, 0.2) is 24.3 Å². The molecule has 6 heteroatoms. The summed E-state index contributed by atoms with van der Waals surface area (Å²) < 4.78 is 5.44. The van der Waals surface area contributed by atoms with Gasteiger partial charge in [0.2, 0.25) is 0 Å². The number of rotatable bonds is 7. The summed E-state index contributed by atoms with van der Waals surface area (Å²) in [5.41, 5.74) is 0. The van der Waals surface area contributed by atoms with E-state index in [1.54, 1.807) is 24.3 Å². The van der Waals surface area contributed by atoms with Crippen LogP contribution in [0.25, 0.3) is 0 Å². The Morgan fingerprint density at radius 3 is 2.68 bits per heavy atom. The molecule has 0 atom stereocenters. The van der Waals surface area contributed by atoms with E-state index in [1.807, 2.05) is 6.92 Å². The Morgan fingerprint density at radius 2 is 2.11 bits per heavy atom. The Bertz CT molecular complexity index is 384. The van der Waals surface area contributed by atoms with Gasteiger partial charge in [-0.05, 0) is 31.2 Å². The van der Waals surface area contributed by atoms with Crippen LogP contribution in [-0.4, -0.2) is 48.9 Å². The van der Waals surface area contributed by atoms with Crippen molar-refractivity contribution in [2.24, 2.45) is 0 Å². The van der Waals surface area contributed by atoms with Gasteiger partial charge in [-0.1, -0.05) is 11.6 Å². The third-order valence-electron chi connectivity index (χ3n) is 2.50. The lowest BCUT2D eigenvalue weighted by Crippen LogP contribution is -2.42. The molecule has 0 spiro atoms. The second-order valence-electron chi connectivity index (χ2n) is 3.84. The Labute approximate surface area is 118 Å². The van der Waals surface area contributed by atoms with Gasteiger partial charge in [0, 0.05) is 18.1 Å². The first-order valence-corrected chi connectivity index (χ1v) is 6.57. The van der Waals surface area contributed by atoms with Crippen LogP contribution < -0.4 is 10.1 Å². The van der Waals surface area contributed by atoms with Gasteiger partial charge in [-0.15, -0.1) is 0 Å². The third-order valence-corrected chi connectivity index (χ3v) is 2.75. The summed E-state index contributed by atoms with van der Waals surface area (Å²) in [7, 11) is 0. The zero-order chi connectivity index (χ0) is 14.1. The van der Waals surface area contributed by atoms with Gasteiger partial charge in [-0.2, -0.15) is 0 Å². The van der Waals surface area contributed by atoms with Crippen LogP contribution in [0.2, 0.25) is 5.02 Å². The van der Waals surface area contributed by atoms with Crippen molar-refractivity contribution in [1.82, 2.24) is 10.2 Å². The molecule has 0 aliphatic rings. The first-order chi connectivity index (χ1) is 9.17. The van der Waals surface area contributed by atoms with Crippen LogP contribution in [0, 0.1) is 0 Å². The number of halogens is 1. The van der Waals surface area contributed by atoms with Crippen LogP contribution in [0.4, 0.5) is 4.79 Å². The molecule has 1 aromatic rings. The number of nitrogens with one attached hydrogen (secondary N) is 1. The molecule has 2 amide bonds. The summed E-state index contributed by atoms with van der Waals surface area (Å²) in [6.45, 7) is 3.50. The number of likely N-dealkylation sites (N-methyl/N-ethyl adjacent to an activating group) is 1.